The molecule has 0 aliphatic heterocycles. The Morgan fingerprint density at radius 2 is 1.78 bits per heavy atom. The average Bonchev–Trinajstić information content (AvgIpc) is 2.89. The third kappa shape index (κ3) is 9.50. The van der Waals surface area contributed by atoms with Crippen LogP contribution in [0, 0.1) is 11.8 Å². The van der Waals surface area contributed by atoms with Gasteiger partial charge < -0.3 is 15.3 Å². The molecule has 1 saturated carbocycles. The van der Waals surface area contributed by atoms with Crippen LogP contribution in [0.3, 0.4) is 0 Å². The van der Waals surface area contributed by atoms with Crippen molar-refractivity contribution in [3.05, 3.63) is 48.6 Å². The first-order valence-electron chi connectivity index (χ1n) is 9.69. The SMILES string of the molecule is CC/C=C\C/C=C/C/C=C\C[C@H](O)/C=C/[C@@H]1C(=O)C[C@H](O)[C@@H]1CCC(=O)O. The summed E-state index contributed by atoms with van der Waals surface area (Å²) in [6, 6.07) is 0. The number of hydrogen-bond donors (Lipinski definition) is 3. The number of carbonyl (C=O) groups is 2. The smallest absolute Gasteiger partial charge is 0.303 e. The third-order valence-electron chi connectivity index (χ3n) is 4.63. The molecule has 5 heteroatoms. The van der Waals surface area contributed by atoms with E-state index in [9.17, 15) is 19.8 Å². The van der Waals surface area contributed by atoms with Crippen molar-refractivity contribution in [3.8, 4) is 0 Å². The second-order valence-electron chi connectivity index (χ2n) is 6.84. The zero-order valence-electron chi connectivity index (χ0n) is 16.0. The van der Waals surface area contributed by atoms with E-state index in [0.29, 0.717) is 6.42 Å². The van der Waals surface area contributed by atoms with Gasteiger partial charge in [-0.25, -0.2) is 0 Å². The standard InChI is InChI=1S/C22H32O5/c1-2-3-4-5-6-7-8-9-10-11-17(23)12-13-18-19(14-15-22(26)27)21(25)16-20(18)24/h3-4,6-7,9-10,12-13,17-19,21,23,25H,2,5,8,11,14-16H2,1H3,(H,26,27)/b4-3-,7-6+,10-9-,13-12+/t17-,18-,19+,21-/m0/s1. The number of aliphatic hydroxyl groups excluding tert-OH is 2. The minimum absolute atomic E-state index is 0.0507. The van der Waals surface area contributed by atoms with Gasteiger partial charge in [0.1, 0.15) is 5.78 Å². The van der Waals surface area contributed by atoms with Gasteiger partial charge in [-0.2, -0.15) is 0 Å². The first-order valence-corrected chi connectivity index (χ1v) is 9.69. The molecule has 0 spiro atoms. The summed E-state index contributed by atoms with van der Waals surface area (Å²) in [5.41, 5.74) is 0. The van der Waals surface area contributed by atoms with Gasteiger partial charge in [0.15, 0.2) is 0 Å². The lowest BCUT2D eigenvalue weighted by atomic mass is 9.89. The van der Waals surface area contributed by atoms with Crippen LogP contribution in [0.15, 0.2) is 48.6 Å². The zero-order chi connectivity index (χ0) is 20.1. The number of allylic oxidation sites excluding steroid dienone is 6. The van der Waals surface area contributed by atoms with Crippen LogP contribution in [-0.4, -0.2) is 39.3 Å². The van der Waals surface area contributed by atoms with E-state index in [4.69, 9.17) is 5.11 Å². The van der Waals surface area contributed by atoms with Crippen LogP contribution < -0.4 is 0 Å². The minimum Gasteiger partial charge on any atom is -0.481 e. The van der Waals surface area contributed by atoms with Crippen molar-refractivity contribution >= 4 is 11.8 Å². The monoisotopic (exact) mass is 376 g/mol. The Kier molecular flexibility index (Phi) is 11.3. The molecule has 0 aromatic heterocycles. The predicted octanol–water partition coefficient (Wildman–Crippen LogP) is 3.58. The first-order chi connectivity index (χ1) is 13.0. The van der Waals surface area contributed by atoms with Gasteiger partial charge in [-0.1, -0.05) is 55.5 Å². The van der Waals surface area contributed by atoms with Crippen LogP contribution in [0.2, 0.25) is 0 Å². The molecule has 0 bridgehead atoms. The fourth-order valence-corrected chi connectivity index (χ4v) is 3.15. The van der Waals surface area contributed by atoms with Gasteiger partial charge in [-0.15, -0.1) is 0 Å². The molecule has 27 heavy (non-hydrogen) atoms. The highest BCUT2D eigenvalue weighted by molar-refractivity contribution is 5.86. The number of ketones is 1. The van der Waals surface area contributed by atoms with Crippen molar-refractivity contribution in [2.75, 3.05) is 0 Å². The fourth-order valence-electron chi connectivity index (χ4n) is 3.15. The molecule has 0 aromatic carbocycles. The van der Waals surface area contributed by atoms with E-state index in [2.05, 4.69) is 31.2 Å². The summed E-state index contributed by atoms with van der Waals surface area (Å²) in [6.07, 6.45) is 17.5. The van der Waals surface area contributed by atoms with Crippen LogP contribution >= 0.6 is 0 Å². The maximum Gasteiger partial charge on any atom is 0.303 e. The fraction of sp³-hybridized carbons (Fsp3) is 0.545. The molecule has 0 aromatic rings. The summed E-state index contributed by atoms with van der Waals surface area (Å²) in [5.74, 6) is -1.94. The van der Waals surface area contributed by atoms with E-state index in [1.165, 1.54) is 0 Å². The second-order valence-corrected chi connectivity index (χ2v) is 6.84. The molecule has 0 saturated heterocycles. The Hall–Kier alpha value is -1.98. The molecule has 4 atom stereocenters. The Balaban J connectivity index is 2.40. The quantitative estimate of drug-likeness (QED) is 0.453. The summed E-state index contributed by atoms with van der Waals surface area (Å²) in [7, 11) is 0. The Morgan fingerprint density at radius 3 is 2.41 bits per heavy atom. The summed E-state index contributed by atoms with van der Waals surface area (Å²) in [5, 5.41) is 28.8. The van der Waals surface area contributed by atoms with Crippen LogP contribution in [0.25, 0.3) is 0 Å². The molecule has 1 fully saturated rings. The van der Waals surface area contributed by atoms with E-state index >= 15 is 0 Å². The number of carboxylic acid groups (broad SMARTS) is 1. The molecule has 0 amide bonds. The largest absolute Gasteiger partial charge is 0.481 e. The van der Waals surface area contributed by atoms with Crippen molar-refractivity contribution in [3.63, 3.8) is 0 Å². The van der Waals surface area contributed by atoms with Crippen LogP contribution in [0.5, 0.6) is 0 Å². The van der Waals surface area contributed by atoms with E-state index in [0.717, 1.165) is 19.3 Å². The normalized spacial score (nSPS) is 24.9. The third-order valence-corrected chi connectivity index (χ3v) is 4.63. The number of aliphatic carboxylic acids is 1. The van der Waals surface area contributed by atoms with Gasteiger partial charge in [0.2, 0.25) is 0 Å². The molecule has 1 rings (SSSR count). The van der Waals surface area contributed by atoms with Gasteiger partial charge in [0, 0.05) is 18.8 Å². The van der Waals surface area contributed by atoms with Crippen LogP contribution in [0.1, 0.15) is 51.9 Å². The molecule has 1 aliphatic rings. The van der Waals surface area contributed by atoms with E-state index in [-0.39, 0.29) is 31.0 Å². The number of carbonyl (C=O) groups excluding carboxylic acids is 1. The first kappa shape index (κ1) is 23.1. The molecule has 3 N–H and O–H groups in total. The molecule has 150 valence electrons. The Labute approximate surface area is 161 Å². The molecule has 0 unspecified atom stereocenters. The lowest BCUT2D eigenvalue weighted by Crippen LogP contribution is -2.20. The van der Waals surface area contributed by atoms with Crippen LogP contribution in [-0.2, 0) is 9.59 Å². The van der Waals surface area contributed by atoms with Gasteiger partial charge in [-0.3, -0.25) is 9.59 Å². The van der Waals surface area contributed by atoms with E-state index < -0.39 is 24.1 Å². The highest BCUT2D eigenvalue weighted by atomic mass is 16.4. The van der Waals surface area contributed by atoms with Gasteiger partial charge in [-0.05, 0) is 38.0 Å². The maximum absolute atomic E-state index is 12.0. The molecule has 1 aliphatic carbocycles. The second kappa shape index (κ2) is 13.2. The lowest BCUT2D eigenvalue weighted by molar-refractivity contribution is -0.137. The van der Waals surface area contributed by atoms with Crippen molar-refractivity contribution in [1.29, 1.82) is 0 Å². The van der Waals surface area contributed by atoms with Crippen molar-refractivity contribution in [2.45, 2.75) is 64.1 Å². The van der Waals surface area contributed by atoms with Crippen molar-refractivity contribution in [1.82, 2.24) is 0 Å². The average molecular weight is 376 g/mol. The summed E-state index contributed by atoms with van der Waals surface area (Å²) in [6.45, 7) is 2.10. The Bertz CT molecular complexity index is 573. The van der Waals surface area contributed by atoms with Crippen LogP contribution in [0.4, 0.5) is 0 Å². The van der Waals surface area contributed by atoms with E-state index in [1.54, 1.807) is 12.2 Å². The molecular weight excluding hydrogens is 344 g/mol. The molecule has 0 radical (unpaired) electrons. The predicted molar refractivity (Wildman–Crippen MR) is 106 cm³/mol. The molecule has 5 nitrogen and oxygen atoms in total. The van der Waals surface area contributed by atoms with E-state index in [1.807, 2.05) is 12.2 Å². The maximum atomic E-state index is 12.0. The zero-order valence-corrected chi connectivity index (χ0v) is 16.0. The highest BCUT2D eigenvalue weighted by Gasteiger charge is 2.39. The summed E-state index contributed by atoms with van der Waals surface area (Å²) < 4.78 is 0. The topological polar surface area (TPSA) is 94.8 Å². The number of rotatable bonds is 12. The highest BCUT2D eigenvalue weighted by Crippen LogP contribution is 2.34. The summed E-state index contributed by atoms with van der Waals surface area (Å²) in [4.78, 5) is 22.7. The number of hydrogen-bond acceptors (Lipinski definition) is 4. The van der Waals surface area contributed by atoms with Gasteiger partial charge in [0.25, 0.3) is 0 Å². The van der Waals surface area contributed by atoms with Gasteiger partial charge >= 0.3 is 5.97 Å². The number of aliphatic hydroxyl groups is 2. The lowest BCUT2D eigenvalue weighted by Gasteiger charge is -2.17. The number of carboxylic acids is 1. The molecule has 0 heterocycles. The van der Waals surface area contributed by atoms with Gasteiger partial charge in [0.05, 0.1) is 12.2 Å². The molecular formula is C22H32O5. The summed E-state index contributed by atoms with van der Waals surface area (Å²) >= 11 is 0. The van der Waals surface area contributed by atoms with Crippen molar-refractivity contribution in [2.24, 2.45) is 11.8 Å². The number of Topliss-reactive ketones (excluding diaryl/α,β-unsaturated/α-hetero) is 1. The Morgan fingerprint density at radius 1 is 1.15 bits per heavy atom. The minimum atomic E-state index is -0.940. The van der Waals surface area contributed by atoms with Crippen molar-refractivity contribution < 1.29 is 24.9 Å².